The van der Waals surface area contributed by atoms with Gasteiger partial charge in [0.15, 0.2) is 6.10 Å². The maximum atomic E-state index is 13.1. The van der Waals surface area contributed by atoms with Gasteiger partial charge in [-0.2, -0.15) is 0 Å². The SMILES string of the molecule is CC[C@@H](Oc1cc(C)cc(C)c1)C(=O)N[C@@H]1CC(C)(C)Oc2ccc(OC)cc21. The molecule has 2 aromatic rings. The van der Waals surface area contributed by atoms with E-state index in [9.17, 15) is 4.79 Å². The predicted octanol–water partition coefficient (Wildman–Crippen LogP) is 4.89. The minimum atomic E-state index is -0.559. The van der Waals surface area contributed by atoms with Crippen molar-refractivity contribution in [2.45, 2.75) is 65.2 Å². The van der Waals surface area contributed by atoms with Crippen LogP contribution in [0.3, 0.4) is 0 Å². The molecule has 5 heteroatoms. The van der Waals surface area contributed by atoms with Crippen LogP contribution in [0.5, 0.6) is 17.2 Å². The van der Waals surface area contributed by atoms with Crippen molar-refractivity contribution in [1.29, 1.82) is 0 Å². The van der Waals surface area contributed by atoms with Crippen LogP contribution in [0.4, 0.5) is 0 Å². The summed E-state index contributed by atoms with van der Waals surface area (Å²) in [7, 11) is 1.63. The first-order valence-electron chi connectivity index (χ1n) is 10.1. The normalized spacial score (nSPS) is 18.2. The molecule has 0 spiro atoms. The Labute approximate surface area is 173 Å². The third-order valence-electron chi connectivity index (χ3n) is 5.13. The fourth-order valence-electron chi connectivity index (χ4n) is 3.84. The average molecular weight is 398 g/mol. The third kappa shape index (κ3) is 5.03. The van der Waals surface area contributed by atoms with E-state index in [-0.39, 0.29) is 17.6 Å². The maximum absolute atomic E-state index is 13.1. The minimum absolute atomic E-state index is 0.122. The van der Waals surface area contributed by atoms with Crippen LogP contribution in [-0.2, 0) is 4.79 Å². The number of benzene rings is 2. The van der Waals surface area contributed by atoms with Crippen LogP contribution in [-0.4, -0.2) is 24.7 Å². The first kappa shape index (κ1) is 21.0. The summed E-state index contributed by atoms with van der Waals surface area (Å²) in [6.07, 6.45) is 0.686. The maximum Gasteiger partial charge on any atom is 0.261 e. The van der Waals surface area contributed by atoms with Crippen LogP contribution in [0.2, 0.25) is 0 Å². The molecule has 0 bridgehead atoms. The van der Waals surface area contributed by atoms with E-state index in [1.54, 1.807) is 7.11 Å². The number of methoxy groups -OCH3 is 1. The van der Waals surface area contributed by atoms with Gasteiger partial charge >= 0.3 is 0 Å². The Kier molecular flexibility index (Phi) is 6.06. The predicted molar refractivity (Wildman–Crippen MR) is 114 cm³/mol. The van der Waals surface area contributed by atoms with Gasteiger partial charge in [-0.05, 0) is 75.6 Å². The monoisotopic (exact) mass is 397 g/mol. The van der Waals surface area contributed by atoms with Crippen LogP contribution in [0.25, 0.3) is 0 Å². The Morgan fingerprint density at radius 1 is 1.17 bits per heavy atom. The molecule has 1 aliphatic rings. The number of rotatable bonds is 6. The van der Waals surface area contributed by atoms with Crippen molar-refractivity contribution >= 4 is 5.91 Å². The van der Waals surface area contributed by atoms with Crippen molar-refractivity contribution < 1.29 is 19.0 Å². The second kappa shape index (κ2) is 8.36. The zero-order valence-corrected chi connectivity index (χ0v) is 18.2. The van der Waals surface area contributed by atoms with Gasteiger partial charge in [0, 0.05) is 12.0 Å². The van der Waals surface area contributed by atoms with Gasteiger partial charge in [0.25, 0.3) is 5.91 Å². The van der Waals surface area contributed by atoms with Gasteiger partial charge < -0.3 is 19.5 Å². The minimum Gasteiger partial charge on any atom is -0.497 e. The molecular formula is C24H31NO4. The molecule has 0 radical (unpaired) electrons. The lowest BCUT2D eigenvalue weighted by atomic mass is 9.89. The molecule has 1 N–H and O–H groups in total. The largest absolute Gasteiger partial charge is 0.497 e. The molecule has 2 atom stereocenters. The lowest BCUT2D eigenvalue weighted by molar-refractivity contribution is -0.129. The number of nitrogens with one attached hydrogen (secondary N) is 1. The summed E-state index contributed by atoms with van der Waals surface area (Å²) in [6, 6.07) is 11.5. The molecule has 156 valence electrons. The van der Waals surface area contributed by atoms with Crippen molar-refractivity contribution in [2.75, 3.05) is 7.11 Å². The van der Waals surface area contributed by atoms with Gasteiger partial charge in [0.1, 0.15) is 22.8 Å². The molecule has 1 heterocycles. The second-order valence-corrected chi connectivity index (χ2v) is 8.37. The zero-order chi connectivity index (χ0) is 21.2. The van der Waals surface area contributed by atoms with E-state index in [0.717, 1.165) is 33.9 Å². The van der Waals surface area contributed by atoms with Crippen molar-refractivity contribution in [3.63, 3.8) is 0 Å². The summed E-state index contributed by atoms with van der Waals surface area (Å²) in [5, 5.41) is 3.18. The Morgan fingerprint density at radius 3 is 2.48 bits per heavy atom. The highest BCUT2D eigenvalue weighted by atomic mass is 16.5. The van der Waals surface area contributed by atoms with Gasteiger partial charge in [-0.3, -0.25) is 4.79 Å². The molecule has 3 rings (SSSR count). The molecular weight excluding hydrogens is 366 g/mol. The number of hydrogen-bond acceptors (Lipinski definition) is 4. The Balaban J connectivity index is 1.81. The first-order valence-corrected chi connectivity index (χ1v) is 10.1. The van der Waals surface area contributed by atoms with Crippen molar-refractivity contribution in [2.24, 2.45) is 0 Å². The summed E-state index contributed by atoms with van der Waals surface area (Å²) >= 11 is 0. The van der Waals surface area contributed by atoms with Gasteiger partial charge in [-0.15, -0.1) is 0 Å². The van der Waals surface area contributed by atoms with E-state index in [4.69, 9.17) is 14.2 Å². The Bertz CT molecular complexity index is 870. The molecule has 0 aromatic heterocycles. The van der Waals surface area contributed by atoms with Crippen molar-refractivity contribution in [3.8, 4) is 17.2 Å². The summed E-state index contributed by atoms with van der Waals surface area (Å²) in [5.74, 6) is 2.11. The molecule has 0 saturated carbocycles. The highest BCUT2D eigenvalue weighted by Crippen LogP contribution is 2.41. The molecule has 5 nitrogen and oxygen atoms in total. The van der Waals surface area contributed by atoms with E-state index in [0.29, 0.717) is 12.8 Å². The lowest BCUT2D eigenvalue weighted by Crippen LogP contribution is -2.45. The summed E-state index contributed by atoms with van der Waals surface area (Å²) in [5.41, 5.74) is 2.78. The number of hydrogen-bond donors (Lipinski definition) is 1. The Hall–Kier alpha value is -2.69. The molecule has 0 saturated heterocycles. The number of carbonyl (C=O) groups excluding carboxylic acids is 1. The summed E-state index contributed by atoms with van der Waals surface area (Å²) in [6.45, 7) is 10.1. The van der Waals surface area contributed by atoms with Crippen LogP contribution in [0, 0.1) is 13.8 Å². The second-order valence-electron chi connectivity index (χ2n) is 8.37. The molecule has 29 heavy (non-hydrogen) atoms. The smallest absolute Gasteiger partial charge is 0.261 e. The number of carbonyl (C=O) groups is 1. The van der Waals surface area contributed by atoms with Gasteiger partial charge in [-0.1, -0.05) is 13.0 Å². The first-order chi connectivity index (χ1) is 13.7. The molecule has 2 aromatic carbocycles. The zero-order valence-electron chi connectivity index (χ0n) is 18.2. The van der Waals surface area contributed by atoms with Gasteiger partial charge in [0.05, 0.1) is 13.2 Å². The fourth-order valence-corrected chi connectivity index (χ4v) is 3.84. The number of ether oxygens (including phenoxy) is 3. The molecule has 0 aliphatic carbocycles. The quantitative estimate of drug-likeness (QED) is 0.754. The van der Waals surface area contributed by atoms with E-state index in [2.05, 4.69) is 11.4 Å². The van der Waals surface area contributed by atoms with Crippen molar-refractivity contribution in [3.05, 3.63) is 53.1 Å². The fraction of sp³-hybridized carbons (Fsp3) is 0.458. The van der Waals surface area contributed by atoms with E-state index in [1.165, 1.54) is 0 Å². The topological polar surface area (TPSA) is 56.8 Å². The van der Waals surface area contributed by atoms with Gasteiger partial charge in [0.2, 0.25) is 0 Å². The molecule has 0 fully saturated rings. The molecule has 1 amide bonds. The summed E-state index contributed by atoms with van der Waals surface area (Å²) < 4.78 is 17.5. The van der Waals surface area contributed by atoms with E-state index in [1.807, 2.05) is 65.0 Å². The third-order valence-corrected chi connectivity index (χ3v) is 5.13. The highest BCUT2D eigenvalue weighted by Gasteiger charge is 2.36. The van der Waals surface area contributed by atoms with Crippen LogP contribution in [0.1, 0.15) is 56.3 Å². The van der Waals surface area contributed by atoms with E-state index >= 15 is 0 Å². The summed E-state index contributed by atoms with van der Waals surface area (Å²) in [4.78, 5) is 13.1. The molecule has 1 aliphatic heterocycles. The van der Waals surface area contributed by atoms with Gasteiger partial charge in [-0.25, -0.2) is 0 Å². The van der Waals surface area contributed by atoms with Crippen molar-refractivity contribution in [1.82, 2.24) is 5.32 Å². The van der Waals surface area contributed by atoms with Crippen LogP contribution < -0.4 is 19.5 Å². The number of amides is 1. The standard InChI is InChI=1S/C24H31NO4/c1-7-21(28-18-11-15(2)10-16(3)12-18)23(26)25-20-14-24(4,5)29-22-9-8-17(27-6)13-19(20)22/h8-13,20-21H,7,14H2,1-6H3,(H,25,26)/t20-,21-/m1/s1. The average Bonchev–Trinajstić information content (AvgIpc) is 2.64. The molecule has 0 unspecified atom stereocenters. The number of fused-ring (bicyclic) bond motifs is 1. The van der Waals surface area contributed by atoms with Crippen LogP contribution >= 0.6 is 0 Å². The Morgan fingerprint density at radius 2 is 1.86 bits per heavy atom. The van der Waals surface area contributed by atoms with E-state index < -0.39 is 6.10 Å². The lowest BCUT2D eigenvalue weighted by Gasteiger charge is -2.38. The number of aryl methyl sites for hydroxylation is 2. The van der Waals surface area contributed by atoms with Crippen LogP contribution in [0.15, 0.2) is 36.4 Å². The highest BCUT2D eigenvalue weighted by molar-refractivity contribution is 5.81.